The van der Waals surface area contributed by atoms with Crippen molar-refractivity contribution in [3.8, 4) is 0 Å². The minimum atomic E-state index is -0.852. The van der Waals surface area contributed by atoms with Crippen LogP contribution in [0.5, 0.6) is 0 Å². The van der Waals surface area contributed by atoms with Crippen LogP contribution in [0.15, 0.2) is 11.4 Å². The van der Waals surface area contributed by atoms with Gasteiger partial charge < -0.3 is 5.11 Å². The predicted octanol–water partition coefficient (Wildman–Crippen LogP) is 1.37. The monoisotopic (exact) mass is 196 g/mol. The Morgan fingerprint density at radius 1 is 1.70 bits per heavy atom. The van der Waals surface area contributed by atoms with Crippen molar-refractivity contribution in [3.63, 3.8) is 0 Å². The van der Waals surface area contributed by atoms with Gasteiger partial charge in [-0.1, -0.05) is 0 Å². The smallest absolute Gasteiger partial charge is 0.346 e. The highest BCUT2D eigenvalue weighted by atomic mass is 35.5. The Labute approximate surface area is 70.9 Å². The number of carboxylic acid groups (broad SMARTS) is 1. The third kappa shape index (κ3) is 1.94. The van der Waals surface area contributed by atoms with E-state index in [1.165, 1.54) is 11.3 Å². The summed E-state index contributed by atoms with van der Waals surface area (Å²) in [6.07, 6.45) is 0. The van der Waals surface area contributed by atoms with Gasteiger partial charge in [0.25, 0.3) is 0 Å². The van der Waals surface area contributed by atoms with E-state index in [0.717, 1.165) is 5.30 Å². The van der Waals surface area contributed by atoms with Gasteiger partial charge in [0.05, 0.1) is 0 Å². The molecule has 1 N–H and O–H groups in total. The summed E-state index contributed by atoms with van der Waals surface area (Å²) in [6.45, 7) is 0. The number of hydrogen-bond donors (Lipinski definition) is 1. The maximum absolute atomic E-state index is 10.3. The molecule has 0 saturated heterocycles. The van der Waals surface area contributed by atoms with Gasteiger partial charge in [0.1, 0.15) is 4.88 Å². The topological polar surface area (TPSA) is 37.3 Å². The lowest BCUT2D eigenvalue weighted by Gasteiger charge is -1.86. The van der Waals surface area contributed by atoms with Crippen LogP contribution in [0.4, 0.5) is 0 Å². The molecule has 1 aromatic rings. The van der Waals surface area contributed by atoms with Crippen LogP contribution in [0.1, 0.15) is 9.67 Å². The minimum Gasteiger partial charge on any atom is -0.477 e. The van der Waals surface area contributed by atoms with Crippen LogP contribution >= 0.6 is 33.0 Å². The SMILES string of the molecule is Cl.O=C(O)c1sccc1P. The molecule has 0 aliphatic carbocycles. The molecular weight excluding hydrogens is 191 g/mol. The molecular formula is C5H6ClO2PS. The average molecular weight is 197 g/mol. The van der Waals surface area contributed by atoms with Crippen LogP contribution in [-0.2, 0) is 0 Å². The highest BCUT2D eigenvalue weighted by Crippen LogP contribution is 2.08. The third-order valence-electron chi connectivity index (χ3n) is 0.890. The molecule has 1 unspecified atom stereocenters. The quantitative estimate of drug-likeness (QED) is 0.689. The zero-order valence-corrected chi connectivity index (χ0v) is 7.69. The lowest BCUT2D eigenvalue weighted by molar-refractivity contribution is 0.0703. The molecule has 1 rings (SSSR count). The molecule has 0 fully saturated rings. The molecule has 0 amide bonds. The van der Waals surface area contributed by atoms with E-state index in [9.17, 15) is 4.79 Å². The molecule has 0 spiro atoms. The van der Waals surface area contributed by atoms with Crippen LogP contribution in [-0.4, -0.2) is 11.1 Å². The summed E-state index contributed by atoms with van der Waals surface area (Å²) in [4.78, 5) is 10.7. The van der Waals surface area contributed by atoms with E-state index in [1.807, 2.05) is 0 Å². The van der Waals surface area contributed by atoms with Crippen molar-refractivity contribution >= 4 is 44.3 Å². The molecule has 0 aliphatic rings. The van der Waals surface area contributed by atoms with E-state index in [1.54, 1.807) is 11.4 Å². The summed E-state index contributed by atoms with van der Waals surface area (Å²) in [5.74, 6) is -0.852. The van der Waals surface area contributed by atoms with Gasteiger partial charge in [-0.2, -0.15) is 0 Å². The highest BCUT2D eigenvalue weighted by molar-refractivity contribution is 7.30. The van der Waals surface area contributed by atoms with Crippen LogP contribution < -0.4 is 5.30 Å². The normalized spacial score (nSPS) is 8.50. The molecule has 5 heteroatoms. The van der Waals surface area contributed by atoms with Crippen LogP contribution in [0.2, 0.25) is 0 Å². The van der Waals surface area contributed by atoms with E-state index in [4.69, 9.17) is 5.11 Å². The Kier molecular flexibility index (Phi) is 3.87. The van der Waals surface area contributed by atoms with Crippen molar-refractivity contribution in [2.75, 3.05) is 0 Å². The number of carbonyl (C=O) groups is 1. The van der Waals surface area contributed by atoms with Crippen LogP contribution in [0, 0.1) is 0 Å². The molecule has 0 bridgehead atoms. The fourth-order valence-corrected chi connectivity index (χ4v) is 1.71. The Morgan fingerprint density at radius 2 is 2.30 bits per heavy atom. The van der Waals surface area contributed by atoms with Crippen molar-refractivity contribution < 1.29 is 9.90 Å². The maximum atomic E-state index is 10.3. The predicted molar refractivity (Wildman–Crippen MR) is 47.9 cm³/mol. The van der Waals surface area contributed by atoms with E-state index in [0.29, 0.717) is 4.88 Å². The number of hydrogen-bond acceptors (Lipinski definition) is 2. The second kappa shape index (κ2) is 3.91. The lowest BCUT2D eigenvalue weighted by Crippen LogP contribution is -2.02. The number of carboxylic acids is 1. The summed E-state index contributed by atoms with van der Waals surface area (Å²) in [6, 6.07) is 1.76. The van der Waals surface area contributed by atoms with Crippen molar-refractivity contribution in [1.29, 1.82) is 0 Å². The third-order valence-corrected chi connectivity index (χ3v) is 2.50. The number of rotatable bonds is 1. The first-order chi connectivity index (χ1) is 4.22. The van der Waals surface area contributed by atoms with Gasteiger partial charge in [-0.15, -0.1) is 33.0 Å². The second-order valence-electron chi connectivity index (χ2n) is 1.51. The summed E-state index contributed by atoms with van der Waals surface area (Å²) in [5.41, 5.74) is 0. The molecule has 1 heterocycles. The summed E-state index contributed by atoms with van der Waals surface area (Å²) >= 11 is 1.24. The molecule has 0 radical (unpaired) electrons. The zero-order valence-electron chi connectivity index (χ0n) is 4.90. The molecule has 2 nitrogen and oxygen atoms in total. The van der Waals surface area contributed by atoms with Gasteiger partial charge in [0.15, 0.2) is 0 Å². The van der Waals surface area contributed by atoms with E-state index < -0.39 is 5.97 Å². The first kappa shape index (κ1) is 9.89. The highest BCUT2D eigenvalue weighted by Gasteiger charge is 2.06. The number of halogens is 1. The second-order valence-corrected chi connectivity index (χ2v) is 3.05. The largest absolute Gasteiger partial charge is 0.477 e. The number of aromatic carboxylic acids is 1. The molecule has 0 saturated carbocycles. The first-order valence-corrected chi connectivity index (χ1v) is 3.74. The average Bonchev–Trinajstić information content (AvgIpc) is 2.13. The molecule has 1 aromatic heterocycles. The minimum absolute atomic E-state index is 0. The van der Waals surface area contributed by atoms with Crippen LogP contribution in [0.25, 0.3) is 0 Å². The molecule has 10 heavy (non-hydrogen) atoms. The lowest BCUT2D eigenvalue weighted by atomic mass is 10.5. The molecule has 0 aromatic carbocycles. The Bertz CT molecular complexity index is 235. The molecule has 0 aliphatic heterocycles. The zero-order chi connectivity index (χ0) is 6.85. The van der Waals surface area contributed by atoms with Crippen molar-refractivity contribution in [2.45, 2.75) is 0 Å². The molecule has 1 atom stereocenters. The fourth-order valence-electron chi connectivity index (χ4n) is 0.493. The van der Waals surface area contributed by atoms with E-state index >= 15 is 0 Å². The van der Waals surface area contributed by atoms with Gasteiger partial charge in [-0.05, 0) is 16.8 Å². The number of thiophene rings is 1. The Morgan fingerprint density at radius 3 is 2.50 bits per heavy atom. The van der Waals surface area contributed by atoms with Crippen molar-refractivity contribution in [3.05, 3.63) is 16.3 Å². The van der Waals surface area contributed by atoms with Gasteiger partial charge in [0, 0.05) is 0 Å². The Hall–Kier alpha value is -0.110. The first-order valence-electron chi connectivity index (χ1n) is 2.28. The van der Waals surface area contributed by atoms with Crippen molar-refractivity contribution in [2.24, 2.45) is 0 Å². The van der Waals surface area contributed by atoms with Gasteiger partial charge in [0.2, 0.25) is 0 Å². The fraction of sp³-hybridized carbons (Fsp3) is 0. The van der Waals surface area contributed by atoms with Gasteiger partial charge in [-0.25, -0.2) is 4.79 Å². The van der Waals surface area contributed by atoms with Crippen LogP contribution in [0.3, 0.4) is 0 Å². The Balaban J connectivity index is 0.000000810. The summed E-state index contributed by atoms with van der Waals surface area (Å²) in [5, 5.41) is 11.0. The van der Waals surface area contributed by atoms with Crippen molar-refractivity contribution in [1.82, 2.24) is 0 Å². The maximum Gasteiger partial charge on any atom is 0.346 e. The van der Waals surface area contributed by atoms with Gasteiger partial charge >= 0.3 is 5.97 Å². The van der Waals surface area contributed by atoms with E-state index in [-0.39, 0.29) is 12.4 Å². The van der Waals surface area contributed by atoms with Gasteiger partial charge in [-0.3, -0.25) is 0 Å². The summed E-state index contributed by atoms with van der Waals surface area (Å²) < 4.78 is 0. The summed E-state index contributed by atoms with van der Waals surface area (Å²) in [7, 11) is 2.37. The standard InChI is InChI=1S/C5H5O2PS.ClH/c6-5(7)4-3(8)1-2-9-4;/h1-2H,8H2,(H,6,7);1H. The molecule has 56 valence electrons. The van der Waals surface area contributed by atoms with E-state index in [2.05, 4.69) is 9.24 Å².